The Kier molecular flexibility index (Phi) is 7.43. The van der Waals surface area contributed by atoms with E-state index < -0.39 is 17.7 Å². The highest BCUT2D eigenvalue weighted by atomic mass is 16.6. The molecule has 1 aliphatic rings. The van der Waals surface area contributed by atoms with Gasteiger partial charge in [-0.05, 0) is 45.6 Å². The first-order chi connectivity index (χ1) is 13.2. The predicted octanol–water partition coefficient (Wildman–Crippen LogP) is 2.20. The van der Waals surface area contributed by atoms with Crippen LogP contribution in [0.3, 0.4) is 0 Å². The van der Waals surface area contributed by atoms with Crippen molar-refractivity contribution in [2.45, 2.75) is 57.7 Å². The van der Waals surface area contributed by atoms with Crippen molar-refractivity contribution in [2.75, 3.05) is 20.1 Å². The van der Waals surface area contributed by atoms with Gasteiger partial charge < -0.3 is 19.9 Å². The Bertz CT molecular complexity index is 672. The second-order valence-electron chi connectivity index (χ2n) is 8.18. The molecule has 1 heterocycles. The molecular formula is C21H31N3O4. The fourth-order valence-corrected chi connectivity index (χ4v) is 3.25. The van der Waals surface area contributed by atoms with Gasteiger partial charge in [-0.3, -0.25) is 9.59 Å². The van der Waals surface area contributed by atoms with Crippen LogP contribution in [0.2, 0.25) is 0 Å². The van der Waals surface area contributed by atoms with Gasteiger partial charge >= 0.3 is 6.09 Å². The summed E-state index contributed by atoms with van der Waals surface area (Å²) < 4.78 is 5.48. The number of carbonyl (C=O) groups excluding carboxylic acids is 3. The summed E-state index contributed by atoms with van der Waals surface area (Å²) in [4.78, 5) is 39.2. The molecule has 28 heavy (non-hydrogen) atoms. The number of benzene rings is 1. The van der Waals surface area contributed by atoms with Crippen LogP contribution in [0.1, 0.15) is 39.2 Å². The van der Waals surface area contributed by atoms with Crippen LogP contribution in [0, 0.1) is 0 Å². The second-order valence-corrected chi connectivity index (χ2v) is 8.18. The quantitative estimate of drug-likeness (QED) is 0.725. The Morgan fingerprint density at radius 3 is 2.61 bits per heavy atom. The SMILES string of the molecule is CN(C(=O)OC(C)(C)C)C(CNC(=O)C1CCCN1C=O)Cc1ccccc1. The lowest BCUT2D eigenvalue weighted by Crippen LogP contribution is -2.50. The van der Waals surface area contributed by atoms with E-state index in [4.69, 9.17) is 4.74 Å². The second kappa shape index (κ2) is 9.57. The summed E-state index contributed by atoms with van der Waals surface area (Å²) in [6.07, 6.45) is 2.36. The minimum Gasteiger partial charge on any atom is -0.444 e. The van der Waals surface area contributed by atoms with E-state index in [0.29, 0.717) is 19.4 Å². The van der Waals surface area contributed by atoms with Gasteiger partial charge in [0.15, 0.2) is 0 Å². The van der Waals surface area contributed by atoms with Gasteiger partial charge in [0.1, 0.15) is 11.6 Å². The van der Waals surface area contributed by atoms with Crippen LogP contribution in [0.15, 0.2) is 30.3 Å². The molecular weight excluding hydrogens is 358 g/mol. The molecule has 1 aliphatic heterocycles. The number of ether oxygens (including phenoxy) is 1. The lowest BCUT2D eigenvalue weighted by atomic mass is 10.0. The van der Waals surface area contributed by atoms with E-state index in [1.54, 1.807) is 7.05 Å². The molecule has 1 aromatic rings. The first-order valence-corrected chi connectivity index (χ1v) is 9.70. The van der Waals surface area contributed by atoms with Crippen molar-refractivity contribution >= 4 is 18.4 Å². The van der Waals surface area contributed by atoms with Crippen molar-refractivity contribution in [3.63, 3.8) is 0 Å². The zero-order valence-corrected chi connectivity index (χ0v) is 17.2. The van der Waals surface area contributed by atoms with E-state index in [0.717, 1.165) is 18.4 Å². The summed E-state index contributed by atoms with van der Waals surface area (Å²) in [5, 5.41) is 2.92. The number of amides is 3. The standard InChI is InChI=1S/C21H31N3O4/c1-21(2,3)28-20(27)23(4)17(13-16-9-6-5-7-10-16)14-22-19(26)18-11-8-12-24(18)15-25/h5-7,9-10,15,17-18H,8,11-14H2,1-4H3,(H,22,26). The van der Waals surface area contributed by atoms with Crippen LogP contribution in [0.5, 0.6) is 0 Å². The molecule has 2 unspecified atom stereocenters. The molecule has 3 amide bonds. The number of rotatable bonds is 7. The van der Waals surface area contributed by atoms with Gasteiger partial charge in [-0.2, -0.15) is 0 Å². The number of nitrogens with zero attached hydrogens (tertiary/aromatic N) is 2. The monoisotopic (exact) mass is 389 g/mol. The minimum absolute atomic E-state index is 0.180. The van der Waals surface area contributed by atoms with Gasteiger partial charge in [0.25, 0.3) is 0 Å². The lowest BCUT2D eigenvalue weighted by Gasteiger charge is -2.31. The molecule has 0 spiro atoms. The molecule has 0 radical (unpaired) electrons. The highest BCUT2D eigenvalue weighted by Gasteiger charge is 2.31. The maximum Gasteiger partial charge on any atom is 0.410 e. The van der Waals surface area contributed by atoms with Gasteiger partial charge in [0, 0.05) is 20.1 Å². The molecule has 2 atom stereocenters. The maximum absolute atomic E-state index is 12.5. The molecule has 0 aliphatic carbocycles. The maximum atomic E-state index is 12.5. The number of nitrogens with one attached hydrogen (secondary N) is 1. The van der Waals surface area contributed by atoms with Crippen LogP contribution in [-0.2, 0) is 20.7 Å². The molecule has 7 nitrogen and oxygen atoms in total. The number of hydrogen-bond acceptors (Lipinski definition) is 4. The van der Waals surface area contributed by atoms with E-state index in [1.165, 1.54) is 9.80 Å². The first-order valence-electron chi connectivity index (χ1n) is 9.70. The topological polar surface area (TPSA) is 79.0 Å². The average molecular weight is 389 g/mol. The Morgan fingerprint density at radius 2 is 2.00 bits per heavy atom. The van der Waals surface area contributed by atoms with Crippen molar-refractivity contribution in [3.8, 4) is 0 Å². The zero-order chi connectivity index (χ0) is 20.7. The number of hydrogen-bond donors (Lipinski definition) is 1. The van der Waals surface area contributed by atoms with E-state index in [-0.39, 0.29) is 18.5 Å². The zero-order valence-electron chi connectivity index (χ0n) is 17.2. The van der Waals surface area contributed by atoms with Crippen LogP contribution in [-0.4, -0.2) is 66.0 Å². The number of carbonyl (C=O) groups is 3. The van der Waals surface area contributed by atoms with Crippen LogP contribution in [0.25, 0.3) is 0 Å². The van der Waals surface area contributed by atoms with Crippen molar-refractivity contribution in [1.29, 1.82) is 0 Å². The number of likely N-dealkylation sites (tertiary alicyclic amines) is 1. The van der Waals surface area contributed by atoms with Crippen molar-refractivity contribution in [1.82, 2.24) is 15.1 Å². The summed E-state index contributed by atoms with van der Waals surface area (Å²) in [7, 11) is 1.68. The largest absolute Gasteiger partial charge is 0.444 e. The summed E-state index contributed by atoms with van der Waals surface area (Å²) in [5.41, 5.74) is 0.466. The van der Waals surface area contributed by atoms with Crippen molar-refractivity contribution in [3.05, 3.63) is 35.9 Å². The Hall–Kier alpha value is -2.57. The molecule has 0 saturated carbocycles. The minimum atomic E-state index is -0.597. The van der Waals surface area contributed by atoms with E-state index in [9.17, 15) is 14.4 Å². The molecule has 0 bridgehead atoms. The highest BCUT2D eigenvalue weighted by Crippen LogP contribution is 2.16. The van der Waals surface area contributed by atoms with E-state index in [1.807, 2.05) is 51.1 Å². The Labute approximate surface area is 167 Å². The summed E-state index contributed by atoms with van der Waals surface area (Å²) in [5.74, 6) is -0.180. The molecule has 154 valence electrons. The normalized spacial score (nSPS) is 17.7. The third kappa shape index (κ3) is 6.25. The summed E-state index contributed by atoms with van der Waals surface area (Å²) in [6, 6.07) is 9.10. The van der Waals surface area contributed by atoms with E-state index in [2.05, 4.69) is 5.32 Å². The first kappa shape index (κ1) is 21.7. The third-order valence-electron chi connectivity index (χ3n) is 4.79. The smallest absolute Gasteiger partial charge is 0.410 e. The molecule has 1 aromatic carbocycles. The Morgan fingerprint density at radius 1 is 1.32 bits per heavy atom. The molecule has 2 rings (SSSR count). The highest BCUT2D eigenvalue weighted by molar-refractivity contribution is 5.84. The van der Waals surface area contributed by atoms with Crippen molar-refractivity contribution < 1.29 is 19.1 Å². The summed E-state index contributed by atoms with van der Waals surface area (Å²) in [6.45, 7) is 6.35. The Balaban J connectivity index is 2.06. The molecule has 7 heteroatoms. The van der Waals surface area contributed by atoms with Gasteiger partial charge in [-0.25, -0.2) is 4.79 Å². The van der Waals surface area contributed by atoms with Crippen LogP contribution in [0.4, 0.5) is 4.79 Å². The van der Waals surface area contributed by atoms with Crippen LogP contribution >= 0.6 is 0 Å². The predicted molar refractivity (Wildman–Crippen MR) is 107 cm³/mol. The fourth-order valence-electron chi connectivity index (χ4n) is 3.25. The van der Waals surface area contributed by atoms with Crippen molar-refractivity contribution in [2.24, 2.45) is 0 Å². The molecule has 0 aromatic heterocycles. The van der Waals surface area contributed by atoms with Gasteiger partial charge in [-0.1, -0.05) is 30.3 Å². The molecule has 1 saturated heterocycles. The third-order valence-corrected chi connectivity index (χ3v) is 4.79. The average Bonchev–Trinajstić information content (AvgIpc) is 3.12. The van der Waals surface area contributed by atoms with Gasteiger partial charge in [0.2, 0.25) is 12.3 Å². The van der Waals surface area contributed by atoms with Crippen LogP contribution < -0.4 is 5.32 Å². The fraction of sp³-hybridized carbons (Fsp3) is 0.571. The summed E-state index contributed by atoms with van der Waals surface area (Å²) >= 11 is 0. The van der Waals surface area contributed by atoms with Gasteiger partial charge in [0.05, 0.1) is 6.04 Å². The molecule has 1 fully saturated rings. The van der Waals surface area contributed by atoms with E-state index >= 15 is 0 Å². The lowest BCUT2D eigenvalue weighted by molar-refractivity contribution is -0.131. The number of likely N-dealkylation sites (N-methyl/N-ethyl adjacent to an activating group) is 1. The van der Waals surface area contributed by atoms with Gasteiger partial charge in [-0.15, -0.1) is 0 Å². The molecule has 1 N–H and O–H groups in total.